The number of halogens is 1. The van der Waals surface area contributed by atoms with Crippen LogP contribution < -0.4 is 5.32 Å². The number of aryl methyl sites for hydroxylation is 1. The second kappa shape index (κ2) is 5.76. The zero-order valence-electron chi connectivity index (χ0n) is 10.5. The summed E-state index contributed by atoms with van der Waals surface area (Å²) in [6.45, 7) is 2.21. The average Bonchev–Trinajstić information content (AvgIpc) is 2.36. The molecule has 1 amide bonds. The fraction of sp³-hybridized carbons (Fsp3) is 0.133. The molecule has 0 aromatic heterocycles. The maximum atomic E-state index is 12.0. The van der Waals surface area contributed by atoms with E-state index in [1.54, 1.807) is 36.4 Å². The number of amides is 1. The Balaban J connectivity index is 2.05. The third-order valence-corrected chi connectivity index (χ3v) is 3.03. The van der Waals surface area contributed by atoms with Crippen molar-refractivity contribution in [2.24, 2.45) is 0 Å². The van der Waals surface area contributed by atoms with Crippen molar-refractivity contribution in [3.63, 3.8) is 0 Å². The molecule has 19 heavy (non-hydrogen) atoms. The molecule has 0 radical (unpaired) electrons. The summed E-state index contributed by atoms with van der Waals surface area (Å²) < 4.78 is 0. The fourth-order valence-electron chi connectivity index (χ4n) is 1.83. The van der Waals surface area contributed by atoms with Crippen molar-refractivity contribution >= 4 is 17.5 Å². The zero-order valence-corrected chi connectivity index (χ0v) is 11.2. The predicted molar refractivity (Wildman–Crippen MR) is 75.5 cm³/mol. The second-order valence-electron chi connectivity index (χ2n) is 4.31. The van der Waals surface area contributed by atoms with Gasteiger partial charge >= 0.3 is 0 Å². The Morgan fingerprint density at radius 1 is 1.26 bits per heavy atom. The van der Waals surface area contributed by atoms with E-state index >= 15 is 0 Å². The zero-order chi connectivity index (χ0) is 13.8. The molecule has 2 aromatic carbocycles. The number of phenols is 1. The van der Waals surface area contributed by atoms with Gasteiger partial charge in [0.1, 0.15) is 5.75 Å². The highest BCUT2D eigenvalue weighted by Crippen LogP contribution is 2.15. The molecule has 0 bridgehead atoms. The van der Waals surface area contributed by atoms with Crippen molar-refractivity contribution in [3.8, 4) is 5.75 Å². The lowest BCUT2D eigenvalue weighted by Crippen LogP contribution is -2.23. The van der Waals surface area contributed by atoms with Crippen molar-refractivity contribution in [2.75, 3.05) is 0 Å². The van der Waals surface area contributed by atoms with Gasteiger partial charge in [-0.2, -0.15) is 0 Å². The van der Waals surface area contributed by atoms with E-state index in [9.17, 15) is 9.90 Å². The minimum Gasteiger partial charge on any atom is -0.508 e. The highest BCUT2D eigenvalue weighted by atomic mass is 35.5. The number of carbonyl (C=O) groups is 1. The summed E-state index contributed by atoms with van der Waals surface area (Å²) >= 11 is 5.85. The molecule has 2 N–H and O–H groups in total. The van der Waals surface area contributed by atoms with Crippen molar-refractivity contribution in [1.82, 2.24) is 5.32 Å². The molecular weight excluding hydrogens is 262 g/mol. The molecule has 4 heteroatoms. The number of hydrogen-bond acceptors (Lipinski definition) is 2. The van der Waals surface area contributed by atoms with Gasteiger partial charge in [0.2, 0.25) is 0 Å². The first-order valence-corrected chi connectivity index (χ1v) is 6.26. The molecule has 0 saturated heterocycles. The number of hydrogen-bond donors (Lipinski definition) is 2. The molecule has 0 heterocycles. The smallest absolute Gasteiger partial charge is 0.251 e. The monoisotopic (exact) mass is 275 g/mol. The minimum absolute atomic E-state index is 0.155. The predicted octanol–water partition coefficient (Wildman–Crippen LogP) is 3.28. The van der Waals surface area contributed by atoms with Gasteiger partial charge in [-0.15, -0.1) is 0 Å². The summed E-state index contributed by atoms with van der Waals surface area (Å²) in [6, 6.07) is 11.9. The van der Waals surface area contributed by atoms with Crippen LogP contribution in [0.25, 0.3) is 0 Å². The SMILES string of the molecule is Cc1cc(Cl)ccc1C(=O)NCc1cccc(O)c1. The molecule has 0 unspecified atom stereocenters. The van der Waals surface area contributed by atoms with Gasteiger partial charge in [-0.05, 0) is 48.4 Å². The van der Waals surface area contributed by atoms with Crippen LogP contribution in [0.1, 0.15) is 21.5 Å². The van der Waals surface area contributed by atoms with E-state index in [2.05, 4.69) is 5.32 Å². The molecule has 3 nitrogen and oxygen atoms in total. The topological polar surface area (TPSA) is 49.3 Å². The van der Waals surface area contributed by atoms with Crippen LogP contribution in [0.3, 0.4) is 0 Å². The van der Waals surface area contributed by atoms with E-state index in [4.69, 9.17) is 11.6 Å². The van der Waals surface area contributed by atoms with Gasteiger partial charge in [0.15, 0.2) is 0 Å². The second-order valence-corrected chi connectivity index (χ2v) is 4.75. The standard InChI is InChI=1S/C15H14ClNO2/c1-10-7-12(16)5-6-14(10)15(19)17-9-11-3-2-4-13(18)8-11/h2-8,18H,9H2,1H3,(H,17,19). The molecule has 0 fully saturated rings. The normalized spacial score (nSPS) is 10.2. The van der Waals surface area contributed by atoms with Gasteiger partial charge in [-0.25, -0.2) is 0 Å². The van der Waals surface area contributed by atoms with Crippen LogP contribution in [0.4, 0.5) is 0 Å². The van der Waals surface area contributed by atoms with Gasteiger partial charge in [0.05, 0.1) is 0 Å². The third kappa shape index (κ3) is 3.48. The maximum absolute atomic E-state index is 12.0. The number of aromatic hydroxyl groups is 1. The van der Waals surface area contributed by atoms with E-state index < -0.39 is 0 Å². The molecule has 0 aliphatic heterocycles. The van der Waals surface area contributed by atoms with Crippen LogP contribution in [0.2, 0.25) is 5.02 Å². The lowest BCUT2D eigenvalue weighted by atomic mass is 10.1. The number of nitrogens with one attached hydrogen (secondary N) is 1. The summed E-state index contributed by atoms with van der Waals surface area (Å²) in [5.74, 6) is 0.0342. The minimum atomic E-state index is -0.155. The summed E-state index contributed by atoms with van der Waals surface area (Å²) in [6.07, 6.45) is 0. The van der Waals surface area contributed by atoms with Crippen molar-refractivity contribution in [1.29, 1.82) is 0 Å². The highest BCUT2D eigenvalue weighted by Gasteiger charge is 2.08. The first kappa shape index (κ1) is 13.4. The summed E-state index contributed by atoms with van der Waals surface area (Å²) in [5, 5.41) is 12.8. The Bertz CT molecular complexity index is 611. The lowest BCUT2D eigenvalue weighted by molar-refractivity contribution is 0.0950. The summed E-state index contributed by atoms with van der Waals surface area (Å²) in [7, 11) is 0. The number of carbonyl (C=O) groups excluding carboxylic acids is 1. The van der Waals surface area contributed by atoms with Gasteiger partial charge in [0.25, 0.3) is 5.91 Å². The first-order chi connectivity index (χ1) is 9.06. The largest absolute Gasteiger partial charge is 0.508 e. The molecule has 0 saturated carbocycles. The molecule has 98 valence electrons. The van der Waals surface area contributed by atoms with Crippen LogP contribution in [0, 0.1) is 6.92 Å². The first-order valence-electron chi connectivity index (χ1n) is 5.88. The van der Waals surface area contributed by atoms with Crippen molar-refractivity contribution in [2.45, 2.75) is 13.5 Å². The van der Waals surface area contributed by atoms with E-state index in [0.29, 0.717) is 17.1 Å². The summed E-state index contributed by atoms with van der Waals surface area (Å²) in [5.41, 5.74) is 2.28. The van der Waals surface area contributed by atoms with Crippen LogP contribution in [-0.4, -0.2) is 11.0 Å². The van der Waals surface area contributed by atoms with E-state index in [-0.39, 0.29) is 11.7 Å². The van der Waals surface area contributed by atoms with Crippen LogP contribution in [-0.2, 0) is 6.54 Å². The van der Waals surface area contributed by atoms with Crippen LogP contribution >= 0.6 is 11.6 Å². The Kier molecular flexibility index (Phi) is 4.07. The quantitative estimate of drug-likeness (QED) is 0.903. The average molecular weight is 276 g/mol. The third-order valence-electron chi connectivity index (χ3n) is 2.80. The summed E-state index contributed by atoms with van der Waals surface area (Å²) in [4.78, 5) is 12.0. The Morgan fingerprint density at radius 2 is 2.05 bits per heavy atom. The molecule has 0 aliphatic rings. The maximum Gasteiger partial charge on any atom is 0.251 e. The lowest BCUT2D eigenvalue weighted by Gasteiger charge is -2.08. The van der Waals surface area contributed by atoms with Crippen molar-refractivity contribution in [3.05, 3.63) is 64.2 Å². The van der Waals surface area contributed by atoms with Crippen LogP contribution in [0.5, 0.6) is 5.75 Å². The van der Waals surface area contributed by atoms with Gasteiger partial charge in [-0.1, -0.05) is 23.7 Å². The van der Waals surface area contributed by atoms with Crippen molar-refractivity contribution < 1.29 is 9.90 Å². The van der Waals surface area contributed by atoms with Gasteiger partial charge < -0.3 is 10.4 Å². The van der Waals surface area contributed by atoms with Gasteiger partial charge in [0, 0.05) is 17.1 Å². The molecule has 0 spiro atoms. The molecule has 2 rings (SSSR count). The Hall–Kier alpha value is -2.00. The van der Waals surface area contributed by atoms with Crippen LogP contribution in [0.15, 0.2) is 42.5 Å². The van der Waals surface area contributed by atoms with E-state index in [1.165, 1.54) is 0 Å². The number of benzene rings is 2. The van der Waals surface area contributed by atoms with Gasteiger partial charge in [-0.3, -0.25) is 4.79 Å². The Morgan fingerprint density at radius 3 is 2.74 bits per heavy atom. The number of phenolic OH excluding ortho intramolecular Hbond substituents is 1. The molecular formula is C15H14ClNO2. The number of rotatable bonds is 3. The molecule has 0 aliphatic carbocycles. The van der Waals surface area contributed by atoms with E-state index in [1.807, 2.05) is 13.0 Å². The molecule has 0 atom stereocenters. The Labute approximate surface area is 116 Å². The highest BCUT2D eigenvalue weighted by molar-refractivity contribution is 6.30. The molecule has 2 aromatic rings. The fourth-order valence-corrected chi connectivity index (χ4v) is 2.05. The van der Waals surface area contributed by atoms with E-state index in [0.717, 1.165) is 11.1 Å².